The molecule has 1 heterocycles. The third kappa shape index (κ3) is 5.38. The molecule has 3 N–H and O–H groups in total. The Bertz CT molecular complexity index is 590. The second-order valence-electron chi connectivity index (χ2n) is 5.36. The predicted molar refractivity (Wildman–Crippen MR) is 89.8 cm³/mol. The maximum absolute atomic E-state index is 12.0. The van der Waals surface area contributed by atoms with Crippen LogP contribution in [0.4, 0.5) is 4.79 Å². The Morgan fingerprint density at radius 2 is 1.83 bits per heavy atom. The van der Waals surface area contributed by atoms with Crippen LogP contribution in [0.25, 0.3) is 0 Å². The maximum atomic E-state index is 12.0. The summed E-state index contributed by atoms with van der Waals surface area (Å²) < 4.78 is 0. The van der Waals surface area contributed by atoms with Crippen LogP contribution in [0, 0.1) is 0 Å². The Kier molecular flexibility index (Phi) is 6.56. The minimum absolute atomic E-state index is 0.0444. The number of hydrogen-bond donors (Lipinski definition) is 3. The number of benzene rings is 1. The van der Waals surface area contributed by atoms with Crippen molar-refractivity contribution in [3.05, 3.63) is 66.0 Å². The number of urea groups is 1. The Labute approximate surface area is 136 Å². The average Bonchev–Trinajstić information content (AvgIpc) is 2.61. The van der Waals surface area contributed by atoms with Gasteiger partial charge in [0.25, 0.3) is 0 Å². The van der Waals surface area contributed by atoms with Crippen LogP contribution in [0.1, 0.15) is 43.0 Å². The summed E-state index contributed by atoms with van der Waals surface area (Å²) in [4.78, 5) is 16.0. The van der Waals surface area contributed by atoms with Crippen LogP contribution in [0.3, 0.4) is 0 Å². The average molecular weight is 313 g/mol. The molecule has 0 fully saturated rings. The molecule has 0 aliphatic carbocycles. The van der Waals surface area contributed by atoms with Crippen molar-refractivity contribution in [3.8, 4) is 0 Å². The first-order chi connectivity index (χ1) is 11.2. The van der Waals surface area contributed by atoms with E-state index in [9.17, 15) is 9.90 Å². The summed E-state index contributed by atoms with van der Waals surface area (Å²) in [6.07, 6.45) is 4.13. The summed E-state index contributed by atoms with van der Waals surface area (Å²) in [6, 6.07) is 13.0. The lowest BCUT2D eigenvalue weighted by atomic mass is 10.1. The van der Waals surface area contributed by atoms with Gasteiger partial charge in [-0.25, -0.2) is 4.79 Å². The first-order valence-corrected chi connectivity index (χ1v) is 7.88. The number of rotatable bonds is 7. The zero-order valence-corrected chi connectivity index (χ0v) is 13.3. The molecule has 2 atom stereocenters. The van der Waals surface area contributed by atoms with Gasteiger partial charge in [-0.1, -0.05) is 37.3 Å². The van der Waals surface area contributed by atoms with Crippen molar-refractivity contribution in [1.29, 1.82) is 0 Å². The van der Waals surface area contributed by atoms with Crippen LogP contribution in [0.2, 0.25) is 0 Å². The van der Waals surface area contributed by atoms with Crippen LogP contribution in [0.5, 0.6) is 0 Å². The molecule has 1 aromatic heterocycles. The van der Waals surface area contributed by atoms with Gasteiger partial charge < -0.3 is 15.7 Å². The Morgan fingerprint density at radius 3 is 2.48 bits per heavy atom. The lowest BCUT2D eigenvalue weighted by Gasteiger charge is -2.18. The monoisotopic (exact) mass is 313 g/mol. The third-order valence-electron chi connectivity index (χ3n) is 3.71. The van der Waals surface area contributed by atoms with Gasteiger partial charge in [-0.15, -0.1) is 0 Å². The molecule has 0 spiro atoms. The molecule has 122 valence electrons. The second kappa shape index (κ2) is 8.90. The van der Waals surface area contributed by atoms with E-state index in [0.29, 0.717) is 13.0 Å². The topological polar surface area (TPSA) is 74.2 Å². The van der Waals surface area contributed by atoms with E-state index in [4.69, 9.17) is 0 Å². The molecule has 1 aromatic carbocycles. The highest BCUT2D eigenvalue weighted by Crippen LogP contribution is 2.16. The SMILES string of the molecule is CCC(NC(=O)NCCC(O)c1ccccc1)c1ccncc1. The number of pyridine rings is 1. The first kappa shape index (κ1) is 17.0. The number of carbonyl (C=O) groups is 1. The van der Waals surface area contributed by atoms with Gasteiger partial charge in [0, 0.05) is 18.9 Å². The summed E-state index contributed by atoms with van der Waals surface area (Å²) in [5.41, 5.74) is 1.89. The lowest BCUT2D eigenvalue weighted by molar-refractivity contribution is 0.166. The van der Waals surface area contributed by atoms with Crippen LogP contribution in [-0.4, -0.2) is 22.7 Å². The molecule has 5 nitrogen and oxygen atoms in total. The Morgan fingerprint density at radius 1 is 1.13 bits per heavy atom. The van der Waals surface area contributed by atoms with Gasteiger partial charge in [0.1, 0.15) is 0 Å². The van der Waals surface area contributed by atoms with Crippen molar-refractivity contribution in [2.75, 3.05) is 6.54 Å². The minimum atomic E-state index is -0.571. The summed E-state index contributed by atoms with van der Waals surface area (Å²) >= 11 is 0. The van der Waals surface area contributed by atoms with E-state index >= 15 is 0 Å². The molecular weight excluding hydrogens is 290 g/mol. The fourth-order valence-corrected chi connectivity index (χ4v) is 2.39. The molecule has 5 heteroatoms. The molecule has 0 aliphatic heterocycles. The molecule has 0 saturated carbocycles. The van der Waals surface area contributed by atoms with Crippen molar-refractivity contribution < 1.29 is 9.90 Å². The maximum Gasteiger partial charge on any atom is 0.315 e. The van der Waals surface area contributed by atoms with Gasteiger partial charge in [0.2, 0.25) is 0 Å². The fraction of sp³-hybridized carbons (Fsp3) is 0.333. The van der Waals surface area contributed by atoms with Crippen LogP contribution < -0.4 is 10.6 Å². The van der Waals surface area contributed by atoms with E-state index < -0.39 is 6.10 Å². The third-order valence-corrected chi connectivity index (χ3v) is 3.71. The standard InChI is InChI=1S/C18H23N3O2/c1-2-16(14-8-11-19-12-9-14)21-18(23)20-13-10-17(22)15-6-4-3-5-7-15/h3-9,11-12,16-17,22H,2,10,13H2,1H3,(H2,20,21,23). The number of nitrogens with zero attached hydrogens (tertiary/aromatic N) is 1. The molecule has 2 aromatic rings. The predicted octanol–water partition coefficient (Wildman–Crippen LogP) is 2.96. The number of aliphatic hydroxyl groups is 1. The molecule has 0 saturated heterocycles. The van der Waals surface area contributed by atoms with Crippen molar-refractivity contribution in [1.82, 2.24) is 15.6 Å². The number of carbonyl (C=O) groups excluding carboxylic acids is 1. The first-order valence-electron chi connectivity index (χ1n) is 7.88. The quantitative estimate of drug-likeness (QED) is 0.735. The highest BCUT2D eigenvalue weighted by molar-refractivity contribution is 5.74. The number of aliphatic hydroxyl groups excluding tert-OH is 1. The van der Waals surface area contributed by atoms with Gasteiger partial charge in [0.15, 0.2) is 0 Å². The summed E-state index contributed by atoms with van der Waals surface area (Å²) in [6.45, 7) is 2.43. The van der Waals surface area contributed by atoms with Crippen molar-refractivity contribution in [3.63, 3.8) is 0 Å². The molecule has 0 aliphatic rings. The van der Waals surface area contributed by atoms with Gasteiger partial charge in [0.05, 0.1) is 12.1 Å². The van der Waals surface area contributed by atoms with E-state index in [2.05, 4.69) is 15.6 Å². The van der Waals surface area contributed by atoms with Crippen LogP contribution in [-0.2, 0) is 0 Å². The lowest BCUT2D eigenvalue weighted by Crippen LogP contribution is -2.38. The van der Waals surface area contributed by atoms with Crippen LogP contribution in [0.15, 0.2) is 54.9 Å². The number of amides is 2. The van der Waals surface area contributed by atoms with E-state index in [-0.39, 0.29) is 12.1 Å². The number of hydrogen-bond acceptors (Lipinski definition) is 3. The largest absolute Gasteiger partial charge is 0.388 e. The highest BCUT2D eigenvalue weighted by atomic mass is 16.3. The Hall–Kier alpha value is -2.40. The second-order valence-corrected chi connectivity index (χ2v) is 5.36. The zero-order valence-electron chi connectivity index (χ0n) is 13.3. The summed E-state index contributed by atoms with van der Waals surface area (Å²) in [7, 11) is 0. The zero-order chi connectivity index (χ0) is 16.5. The van der Waals surface area contributed by atoms with E-state index in [0.717, 1.165) is 17.5 Å². The summed E-state index contributed by atoms with van der Waals surface area (Å²) in [5.74, 6) is 0. The smallest absolute Gasteiger partial charge is 0.315 e. The van der Waals surface area contributed by atoms with Gasteiger partial charge in [-0.2, -0.15) is 0 Å². The van der Waals surface area contributed by atoms with E-state index in [1.807, 2.05) is 49.4 Å². The molecule has 0 bridgehead atoms. The van der Waals surface area contributed by atoms with Crippen molar-refractivity contribution in [2.45, 2.75) is 31.9 Å². The molecule has 23 heavy (non-hydrogen) atoms. The fourth-order valence-electron chi connectivity index (χ4n) is 2.39. The highest BCUT2D eigenvalue weighted by Gasteiger charge is 2.13. The molecule has 2 rings (SSSR count). The van der Waals surface area contributed by atoms with Gasteiger partial charge in [-0.05, 0) is 36.1 Å². The number of nitrogens with one attached hydrogen (secondary N) is 2. The van der Waals surface area contributed by atoms with Crippen molar-refractivity contribution >= 4 is 6.03 Å². The Balaban J connectivity index is 1.76. The molecule has 2 amide bonds. The van der Waals surface area contributed by atoms with E-state index in [1.165, 1.54) is 0 Å². The normalized spacial score (nSPS) is 13.1. The van der Waals surface area contributed by atoms with Crippen LogP contribution >= 0.6 is 0 Å². The summed E-state index contributed by atoms with van der Waals surface area (Å²) in [5, 5.41) is 15.8. The van der Waals surface area contributed by atoms with E-state index in [1.54, 1.807) is 12.4 Å². The minimum Gasteiger partial charge on any atom is -0.388 e. The molecular formula is C18H23N3O2. The molecule has 2 unspecified atom stereocenters. The van der Waals surface area contributed by atoms with Gasteiger partial charge in [-0.3, -0.25) is 4.98 Å². The van der Waals surface area contributed by atoms with Crippen molar-refractivity contribution in [2.24, 2.45) is 0 Å². The number of aromatic nitrogens is 1. The molecule has 0 radical (unpaired) electrons. The van der Waals surface area contributed by atoms with Gasteiger partial charge >= 0.3 is 6.03 Å².